The van der Waals surface area contributed by atoms with Crippen molar-refractivity contribution in [2.75, 3.05) is 46.9 Å². The molecule has 2 amide bonds. The van der Waals surface area contributed by atoms with Crippen LogP contribution in [0.5, 0.6) is 0 Å². The number of ether oxygens (including phenoxy) is 2. The highest BCUT2D eigenvalue weighted by atomic mass is 35.5. The first-order valence-electron chi connectivity index (χ1n) is 13.0. The van der Waals surface area contributed by atoms with Crippen molar-refractivity contribution in [1.29, 1.82) is 0 Å². The molecule has 0 spiro atoms. The Morgan fingerprint density at radius 2 is 1.73 bits per heavy atom. The van der Waals surface area contributed by atoms with Gasteiger partial charge in [-0.25, -0.2) is 13.2 Å². The standard InChI is InChI=1S/C28H36Cl2N4O6S/c1-19-22(29)11-12-23(25(19)30)41(37,38)33(6)15-16-39-18-24(35)32(5)17-20-7-9-21(10-8-20)26-31-13-14-34(26)27(36)40-28(2,3)4/h7-12H,13-18H2,1-6H3. The second kappa shape index (κ2) is 13.5. The Morgan fingerprint density at radius 3 is 2.37 bits per heavy atom. The van der Waals surface area contributed by atoms with Gasteiger partial charge >= 0.3 is 6.09 Å². The van der Waals surface area contributed by atoms with Crippen molar-refractivity contribution >= 4 is 51.1 Å². The number of carbonyl (C=O) groups excluding carboxylic acids is 2. The van der Waals surface area contributed by atoms with Crippen LogP contribution in [0.3, 0.4) is 0 Å². The lowest BCUT2D eigenvalue weighted by Crippen LogP contribution is -2.39. The molecular weight excluding hydrogens is 591 g/mol. The summed E-state index contributed by atoms with van der Waals surface area (Å²) in [5.41, 5.74) is 1.54. The molecule has 2 aromatic rings. The zero-order chi connectivity index (χ0) is 30.5. The van der Waals surface area contributed by atoms with Crippen LogP contribution in [0, 0.1) is 6.92 Å². The average molecular weight is 628 g/mol. The number of likely N-dealkylation sites (N-methyl/N-ethyl adjacent to an activating group) is 2. The number of hydrogen-bond donors (Lipinski definition) is 0. The second-order valence-electron chi connectivity index (χ2n) is 10.6. The van der Waals surface area contributed by atoms with Crippen molar-refractivity contribution in [1.82, 2.24) is 14.1 Å². The summed E-state index contributed by atoms with van der Waals surface area (Å²) in [6.07, 6.45) is -0.434. The normalized spacial score (nSPS) is 13.9. The van der Waals surface area contributed by atoms with Gasteiger partial charge in [0.25, 0.3) is 0 Å². The van der Waals surface area contributed by atoms with Crippen LogP contribution in [-0.2, 0) is 30.8 Å². The van der Waals surface area contributed by atoms with Crippen molar-refractivity contribution in [3.05, 3.63) is 63.1 Å². The number of benzene rings is 2. The summed E-state index contributed by atoms with van der Waals surface area (Å²) >= 11 is 12.2. The molecule has 0 aliphatic carbocycles. The number of sulfonamides is 1. The number of carbonyl (C=O) groups is 2. The van der Waals surface area contributed by atoms with Crippen molar-refractivity contribution in [3.63, 3.8) is 0 Å². The molecule has 10 nitrogen and oxygen atoms in total. The summed E-state index contributed by atoms with van der Waals surface area (Å²) in [5, 5.41) is 0.457. The number of nitrogens with zero attached hydrogens (tertiary/aromatic N) is 4. The maximum Gasteiger partial charge on any atom is 0.416 e. The fourth-order valence-electron chi connectivity index (χ4n) is 3.90. The highest BCUT2D eigenvalue weighted by molar-refractivity contribution is 7.89. The van der Waals surface area contributed by atoms with Gasteiger partial charge in [-0.15, -0.1) is 0 Å². The van der Waals surface area contributed by atoms with Crippen LogP contribution >= 0.6 is 23.2 Å². The number of hydrogen-bond acceptors (Lipinski definition) is 7. The molecule has 0 bridgehead atoms. The third-order valence-corrected chi connectivity index (χ3v) is 9.17. The maximum absolute atomic E-state index is 12.9. The Bertz CT molecular complexity index is 1410. The summed E-state index contributed by atoms with van der Waals surface area (Å²) in [5.74, 6) is 0.302. The lowest BCUT2D eigenvalue weighted by molar-refractivity contribution is -0.135. The minimum absolute atomic E-state index is 0.0183. The Morgan fingerprint density at radius 1 is 1.07 bits per heavy atom. The van der Waals surface area contributed by atoms with Gasteiger partial charge in [0.1, 0.15) is 22.9 Å². The number of amides is 2. The molecule has 224 valence electrons. The van der Waals surface area contributed by atoms with Gasteiger partial charge in [0.15, 0.2) is 0 Å². The first-order chi connectivity index (χ1) is 19.1. The van der Waals surface area contributed by atoms with Crippen LogP contribution in [0.25, 0.3) is 0 Å². The third-order valence-electron chi connectivity index (χ3n) is 6.26. The first kappa shape index (κ1) is 32.8. The number of halogens is 2. The minimum atomic E-state index is -3.86. The Labute approximate surface area is 251 Å². The molecule has 2 aromatic carbocycles. The summed E-state index contributed by atoms with van der Waals surface area (Å²) < 4.78 is 37.9. The molecular formula is C28H36Cl2N4O6S. The number of aliphatic imine (C=N–C) groups is 1. The van der Waals surface area contributed by atoms with E-state index in [-0.39, 0.29) is 35.6 Å². The lowest BCUT2D eigenvalue weighted by Gasteiger charge is -2.25. The Balaban J connectivity index is 1.48. The molecule has 3 rings (SSSR count). The molecule has 0 fully saturated rings. The molecule has 0 radical (unpaired) electrons. The SMILES string of the molecule is Cc1c(Cl)ccc(S(=O)(=O)N(C)CCOCC(=O)N(C)Cc2ccc(C3=NCCN3C(=O)OC(C)(C)C)cc2)c1Cl. The summed E-state index contributed by atoms with van der Waals surface area (Å²) in [6.45, 7) is 8.25. The Kier molecular flexibility index (Phi) is 10.8. The summed E-state index contributed by atoms with van der Waals surface area (Å²) in [6, 6.07) is 10.3. The van der Waals surface area contributed by atoms with E-state index in [1.807, 2.05) is 45.0 Å². The molecule has 41 heavy (non-hydrogen) atoms. The van der Waals surface area contributed by atoms with Gasteiger partial charge in [0, 0.05) is 37.8 Å². The lowest BCUT2D eigenvalue weighted by atomic mass is 10.1. The van der Waals surface area contributed by atoms with Crippen LogP contribution in [0.2, 0.25) is 10.0 Å². The molecule has 0 N–H and O–H groups in total. The zero-order valence-corrected chi connectivity index (χ0v) is 26.4. The van der Waals surface area contributed by atoms with Gasteiger partial charge in [-0.3, -0.25) is 14.7 Å². The molecule has 0 saturated heterocycles. The van der Waals surface area contributed by atoms with Crippen LogP contribution in [0.15, 0.2) is 46.3 Å². The third kappa shape index (κ3) is 8.42. The van der Waals surface area contributed by atoms with Gasteiger partial charge in [0.2, 0.25) is 15.9 Å². The molecule has 13 heteroatoms. The van der Waals surface area contributed by atoms with E-state index in [0.29, 0.717) is 36.1 Å². The van der Waals surface area contributed by atoms with Gasteiger partial charge in [-0.05, 0) is 51.0 Å². The largest absolute Gasteiger partial charge is 0.443 e. The van der Waals surface area contributed by atoms with Crippen LogP contribution < -0.4 is 0 Å². The summed E-state index contributed by atoms with van der Waals surface area (Å²) in [4.78, 5) is 32.6. The van der Waals surface area contributed by atoms with Crippen molar-refractivity contribution in [3.8, 4) is 0 Å². The van der Waals surface area contributed by atoms with E-state index < -0.39 is 21.7 Å². The quantitative estimate of drug-likeness (QED) is 0.357. The van der Waals surface area contributed by atoms with Gasteiger partial charge in [-0.1, -0.05) is 47.5 Å². The van der Waals surface area contributed by atoms with E-state index in [2.05, 4.69) is 4.99 Å². The predicted molar refractivity (Wildman–Crippen MR) is 159 cm³/mol. The van der Waals surface area contributed by atoms with E-state index >= 15 is 0 Å². The van der Waals surface area contributed by atoms with Crippen LogP contribution in [0.4, 0.5) is 4.79 Å². The fourth-order valence-corrected chi connectivity index (χ4v) is 5.83. The molecule has 1 aliphatic heterocycles. The molecule has 0 aromatic heterocycles. The predicted octanol–water partition coefficient (Wildman–Crippen LogP) is 4.59. The van der Waals surface area contributed by atoms with E-state index in [4.69, 9.17) is 32.7 Å². The fraction of sp³-hybridized carbons (Fsp3) is 0.464. The maximum atomic E-state index is 12.9. The smallest absolute Gasteiger partial charge is 0.416 e. The molecule has 0 unspecified atom stereocenters. The Hall–Kier alpha value is -2.70. The molecule has 0 atom stereocenters. The first-order valence-corrected chi connectivity index (χ1v) is 15.2. The van der Waals surface area contributed by atoms with E-state index in [9.17, 15) is 18.0 Å². The number of rotatable bonds is 10. The number of amidine groups is 1. The van der Waals surface area contributed by atoms with Crippen molar-refractivity contribution in [2.45, 2.75) is 44.7 Å². The van der Waals surface area contributed by atoms with E-state index in [1.54, 1.807) is 14.0 Å². The zero-order valence-electron chi connectivity index (χ0n) is 24.1. The molecule has 0 saturated carbocycles. The molecule has 1 heterocycles. The van der Waals surface area contributed by atoms with E-state index in [0.717, 1.165) is 15.4 Å². The highest BCUT2D eigenvalue weighted by Gasteiger charge is 2.29. The van der Waals surface area contributed by atoms with Crippen molar-refractivity contribution < 1.29 is 27.5 Å². The second-order valence-corrected chi connectivity index (χ2v) is 13.4. The minimum Gasteiger partial charge on any atom is -0.443 e. The van der Waals surface area contributed by atoms with Gasteiger partial charge in [-0.2, -0.15) is 4.31 Å². The average Bonchev–Trinajstić information content (AvgIpc) is 3.39. The van der Waals surface area contributed by atoms with E-state index in [1.165, 1.54) is 29.0 Å². The summed E-state index contributed by atoms with van der Waals surface area (Å²) in [7, 11) is -0.786. The van der Waals surface area contributed by atoms with Gasteiger partial charge < -0.3 is 14.4 Å². The molecule has 1 aliphatic rings. The van der Waals surface area contributed by atoms with Crippen LogP contribution in [-0.4, -0.2) is 92.9 Å². The van der Waals surface area contributed by atoms with Gasteiger partial charge in [0.05, 0.1) is 24.7 Å². The highest BCUT2D eigenvalue weighted by Crippen LogP contribution is 2.31. The topological polar surface area (TPSA) is 109 Å². The van der Waals surface area contributed by atoms with Crippen molar-refractivity contribution in [2.24, 2.45) is 4.99 Å². The monoisotopic (exact) mass is 626 g/mol. The van der Waals surface area contributed by atoms with Crippen LogP contribution in [0.1, 0.15) is 37.5 Å².